The lowest BCUT2D eigenvalue weighted by Crippen LogP contribution is -2.50. The third-order valence-electron chi connectivity index (χ3n) is 5.25. The number of carbonyl (C=O) groups excluding carboxylic acids is 1. The molecular formula is C22H28N2O4S. The summed E-state index contributed by atoms with van der Waals surface area (Å²) in [6.07, 6.45) is 0.434. The maximum absolute atomic E-state index is 13.0. The van der Waals surface area contributed by atoms with Gasteiger partial charge < -0.3 is 9.64 Å². The third-order valence-corrected chi connectivity index (χ3v) is 6.76. The van der Waals surface area contributed by atoms with Crippen LogP contribution in [0.25, 0.3) is 0 Å². The van der Waals surface area contributed by atoms with Gasteiger partial charge in [-0.1, -0.05) is 55.0 Å². The quantitative estimate of drug-likeness (QED) is 0.752. The molecule has 0 radical (unpaired) electrons. The van der Waals surface area contributed by atoms with Crippen molar-refractivity contribution in [3.63, 3.8) is 0 Å². The van der Waals surface area contributed by atoms with E-state index in [9.17, 15) is 13.2 Å². The van der Waals surface area contributed by atoms with E-state index < -0.39 is 22.0 Å². The Balaban J connectivity index is 1.83. The van der Waals surface area contributed by atoms with E-state index in [4.69, 9.17) is 4.74 Å². The Bertz CT molecular complexity index is 908. The van der Waals surface area contributed by atoms with Crippen molar-refractivity contribution < 1.29 is 17.9 Å². The molecule has 1 saturated heterocycles. The number of aryl methyl sites for hydroxylation is 1. The number of amides is 1. The first-order chi connectivity index (χ1) is 13.9. The molecule has 1 heterocycles. The van der Waals surface area contributed by atoms with Crippen LogP contribution < -0.4 is 4.72 Å². The molecule has 6 nitrogen and oxygen atoms in total. The number of sulfonamides is 1. The van der Waals surface area contributed by atoms with Crippen LogP contribution in [0.5, 0.6) is 0 Å². The van der Waals surface area contributed by atoms with Gasteiger partial charge in [0.2, 0.25) is 15.9 Å². The van der Waals surface area contributed by atoms with Crippen molar-refractivity contribution in [1.82, 2.24) is 9.62 Å². The van der Waals surface area contributed by atoms with Crippen LogP contribution in [0.2, 0.25) is 0 Å². The van der Waals surface area contributed by atoms with Crippen LogP contribution in [-0.4, -0.2) is 51.6 Å². The van der Waals surface area contributed by atoms with Gasteiger partial charge in [0.05, 0.1) is 24.0 Å². The van der Waals surface area contributed by atoms with Crippen LogP contribution in [0.4, 0.5) is 0 Å². The number of morpholine rings is 1. The molecule has 0 aliphatic carbocycles. The molecule has 2 aromatic rings. The zero-order valence-electron chi connectivity index (χ0n) is 16.9. The van der Waals surface area contributed by atoms with E-state index in [-0.39, 0.29) is 10.8 Å². The standard InChI is InChI=1S/C22H28N2O4S/c1-17-8-10-20(11-9-17)29(26,27)23-21(16-19-6-4-3-5-7-19)18(2)22(25)24-12-14-28-15-13-24/h3-11,18,21,23H,12-16H2,1-2H3. The molecule has 1 N–H and O–H groups in total. The van der Waals surface area contributed by atoms with Gasteiger partial charge >= 0.3 is 0 Å². The van der Waals surface area contributed by atoms with E-state index in [2.05, 4.69) is 4.72 Å². The molecule has 156 valence electrons. The molecule has 0 aromatic heterocycles. The fourth-order valence-electron chi connectivity index (χ4n) is 3.42. The molecule has 1 aliphatic rings. The molecule has 3 rings (SSSR count). The Kier molecular flexibility index (Phi) is 7.05. The lowest BCUT2D eigenvalue weighted by Gasteiger charge is -2.32. The number of hydrogen-bond donors (Lipinski definition) is 1. The van der Waals surface area contributed by atoms with Crippen LogP contribution in [0.3, 0.4) is 0 Å². The summed E-state index contributed by atoms with van der Waals surface area (Å²) in [5.74, 6) is -0.561. The van der Waals surface area contributed by atoms with Gasteiger partial charge in [-0.25, -0.2) is 13.1 Å². The summed E-state index contributed by atoms with van der Waals surface area (Å²) >= 11 is 0. The van der Waals surface area contributed by atoms with Gasteiger partial charge in [0.15, 0.2) is 0 Å². The predicted molar refractivity (Wildman–Crippen MR) is 112 cm³/mol. The smallest absolute Gasteiger partial charge is 0.240 e. The summed E-state index contributed by atoms with van der Waals surface area (Å²) in [7, 11) is -3.75. The number of nitrogens with one attached hydrogen (secondary N) is 1. The second-order valence-electron chi connectivity index (χ2n) is 7.46. The molecule has 0 spiro atoms. The summed E-state index contributed by atoms with van der Waals surface area (Å²) in [6.45, 7) is 5.79. The first kappa shape index (κ1) is 21.5. The van der Waals surface area contributed by atoms with E-state index in [0.717, 1.165) is 11.1 Å². The van der Waals surface area contributed by atoms with E-state index in [1.54, 1.807) is 36.1 Å². The predicted octanol–water partition coefficient (Wildman–Crippen LogP) is 2.38. The minimum Gasteiger partial charge on any atom is -0.378 e. The highest BCUT2D eigenvalue weighted by molar-refractivity contribution is 7.89. The van der Waals surface area contributed by atoms with Gasteiger partial charge in [0.25, 0.3) is 0 Å². The Hall–Kier alpha value is -2.22. The highest BCUT2D eigenvalue weighted by Gasteiger charge is 2.32. The minimum absolute atomic E-state index is 0.0548. The molecule has 0 bridgehead atoms. The average Bonchev–Trinajstić information content (AvgIpc) is 2.74. The zero-order valence-corrected chi connectivity index (χ0v) is 17.7. The third kappa shape index (κ3) is 5.65. The van der Waals surface area contributed by atoms with Gasteiger partial charge in [-0.3, -0.25) is 4.79 Å². The topological polar surface area (TPSA) is 75.7 Å². The number of ether oxygens (including phenoxy) is 1. The van der Waals surface area contributed by atoms with Crippen molar-refractivity contribution in [2.45, 2.75) is 31.2 Å². The summed E-state index contributed by atoms with van der Waals surface area (Å²) in [4.78, 5) is 15.0. The zero-order chi connectivity index (χ0) is 20.9. The van der Waals surface area contributed by atoms with E-state index in [1.165, 1.54) is 0 Å². The molecule has 1 aliphatic heterocycles. The highest BCUT2D eigenvalue weighted by atomic mass is 32.2. The first-order valence-corrected chi connectivity index (χ1v) is 11.3. The van der Waals surface area contributed by atoms with Crippen molar-refractivity contribution >= 4 is 15.9 Å². The second kappa shape index (κ2) is 9.52. The lowest BCUT2D eigenvalue weighted by atomic mass is 9.94. The molecule has 1 amide bonds. The van der Waals surface area contributed by atoms with Crippen LogP contribution in [0, 0.1) is 12.8 Å². The van der Waals surface area contributed by atoms with Gasteiger partial charge in [-0.2, -0.15) is 0 Å². The van der Waals surface area contributed by atoms with Crippen LogP contribution in [0.15, 0.2) is 59.5 Å². The normalized spacial score (nSPS) is 17.0. The van der Waals surface area contributed by atoms with Gasteiger partial charge in [0, 0.05) is 19.1 Å². The SMILES string of the molecule is Cc1ccc(S(=O)(=O)NC(Cc2ccccc2)C(C)C(=O)N2CCOCC2)cc1. The van der Waals surface area contributed by atoms with Crippen LogP contribution >= 0.6 is 0 Å². The number of hydrogen-bond acceptors (Lipinski definition) is 4. The monoisotopic (exact) mass is 416 g/mol. The highest BCUT2D eigenvalue weighted by Crippen LogP contribution is 2.18. The number of rotatable bonds is 7. The number of carbonyl (C=O) groups is 1. The molecule has 7 heteroatoms. The Morgan fingerprint density at radius 1 is 1.07 bits per heavy atom. The van der Waals surface area contributed by atoms with Crippen molar-refractivity contribution in [3.05, 3.63) is 65.7 Å². The van der Waals surface area contributed by atoms with Gasteiger partial charge in [-0.15, -0.1) is 0 Å². The Morgan fingerprint density at radius 3 is 2.31 bits per heavy atom. The average molecular weight is 417 g/mol. The van der Waals surface area contributed by atoms with E-state index in [1.807, 2.05) is 37.3 Å². The number of nitrogens with zero attached hydrogens (tertiary/aromatic N) is 1. The summed E-state index contributed by atoms with van der Waals surface area (Å²) in [5.41, 5.74) is 1.96. The van der Waals surface area contributed by atoms with Crippen molar-refractivity contribution in [1.29, 1.82) is 0 Å². The molecule has 0 saturated carbocycles. The van der Waals surface area contributed by atoms with E-state index in [0.29, 0.717) is 32.7 Å². The first-order valence-electron chi connectivity index (χ1n) is 9.86. The molecule has 2 atom stereocenters. The van der Waals surface area contributed by atoms with Crippen molar-refractivity contribution in [2.24, 2.45) is 5.92 Å². The summed E-state index contributed by atoms with van der Waals surface area (Å²) in [5, 5.41) is 0. The maximum Gasteiger partial charge on any atom is 0.240 e. The minimum atomic E-state index is -3.75. The van der Waals surface area contributed by atoms with Gasteiger partial charge in [0.1, 0.15) is 0 Å². The fourth-order valence-corrected chi connectivity index (χ4v) is 4.73. The molecule has 2 aromatic carbocycles. The fraction of sp³-hybridized carbons (Fsp3) is 0.409. The summed E-state index contributed by atoms with van der Waals surface area (Å²) < 4.78 is 34.1. The Labute approximate surface area is 172 Å². The molecule has 1 fully saturated rings. The largest absolute Gasteiger partial charge is 0.378 e. The van der Waals surface area contributed by atoms with Crippen molar-refractivity contribution in [3.8, 4) is 0 Å². The van der Waals surface area contributed by atoms with Gasteiger partial charge in [-0.05, 0) is 31.0 Å². The lowest BCUT2D eigenvalue weighted by molar-refractivity contribution is -0.139. The molecule has 2 unspecified atom stereocenters. The number of benzene rings is 2. The summed E-state index contributed by atoms with van der Waals surface area (Å²) in [6, 6.07) is 15.8. The van der Waals surface area contributed by atoms with Crippen LogP contribution in [-0.2, 0) is 26.0 Å². The maximum atomic E-state index is 13.0. The van der Waals surface area contributed by atoms with Crippen molar-refractivity contribution in [2.75, 3.05) is 26.3 Å². The molecular weight excluding hydrogens is 388 g/mol. The van der Waals surface area contributed by atoms with E-state index >= 15 is 0 Å². The Morgan fingerprint density at radius 2 is 1.69 bits per heavy atom. The second-order valence-corrected chi connectivity index (χ2v) is 9.17. The molecule has 29 heavy (non-hydrogen) atoms. The van der Waals surface area contributed by atoms with Crippen LogP contribution in [0.1, 0.15) is 18.1 Å².